The van der Waals surface area contributed by atoms with Crippen LogP contribution in [0, 0.1) is 30.6 Å². The quantitative estimate of drug-likeness (QED) is 0.373. The van der Waals surface area contributed by atoms with E-state index in [0.29, 0.717) is 24.1 Å². The van der Waals surface area contributed by atoms with Crippen molar-refractivity contribution < 1.29 is 19.1 Å². The third-order valence-electron chi connectivity index (χ3n) is 11.8. The maximum Gasteiger partial charge on any atom is 0.246 e. The van der Waals surface area contributed by atoms with Crippen molar-refractivity contribution in [2.75, 3.05) is 44.6 Å². The molecule has 4 fully saturated rings. The number of benzene rings is 2. The molecule has 8 atom stereocenters. The van der Waals surface area contributed by atoms with Gasteiger partial charge in [0, 0.05) is 51.0 Å². The van der Waals surface area contributed by atoms with Gasteiger partial charge >= 0.3 is 0 Å². The summed E-state index contributed by atoms with van der Waals surface area (Å²) in [5.74, 6) is -1.10. The van der Waals surface area contributed by atoms with E-state index in [1.165, 1.54) is 12.0 Å². The van der Waals surface area contributed by atoms with E-state index in [4.69, 9.17) is 4.74 Å². The van der Waals surface area contributed by atoms with E-state index in [0.717, 1.165) is 64.1 Å². The van der Waals surface area contributed by atoms with E-state index in [1.54, 1.807) is 4.90 Å². The van der Waals surface area contributed by atoms with Crippen molar-refractivity contribution in [1.29, 1.82) is 0 Å². The average Bonchev–Trinajstić information content (AvgIpc) is 3.72. The molecule has 4 aliphatic heterocycles. The first-order valence-corrected chi connectivity index (χ1v) is 18.1. The first-order valence-electron chi connectivity index (χ1n) is 18.1. The topological polar surface area (TPSA) is 94.2 Å². The fourth-order valence-electron chi connectivity index (χ4n) is 8.98. The van der Waals surface area contributed by atoms with E-state index in [9.17, 15) is 14.4 Å². The van der Waals surface area contributed by atoms with E-state index < -0.39 is 29.6 Å². The Kier molecular flexibility index (Phi) is 9.46. The van der Waals surface area contributed by atoms with Gasteiger partial charge in [-0.05, 0) is 61.4 Å². The molecule has 9 nitrogen and oxygen atoms in total. The molecule has 8 unspecified atom stereocenters. The summed E-state index contributed by atoms with van der Waals surface area (Å²) in [6.07, 6.45) is 7.21. The molecule has 1 saturated carbocycles. The average molecular weight is 654 g/mol. The number of fused-ring (bicyclic) bond motifs is 1. The molecule has 5 aliphatic rings. The van der Waals surface area contributed by atoms with Gasteiger partial charge in [-0.1, -0.05) is 81.3 Å². The Bertz CT molecular complexity index is 1520. The second kappa shape index (κ2) is 13.8. The lowest BCUT2D eigenvalue weighted by molar-refractivity contribution is -0.141. The van der Waals surface area contributed by atoms with Crippen LogP contribution in [0.5, 0.6) is 0 Å². The summed E-state index contributed by atoms with van der Waals surface area (Å²) in [5.41, 5.74) is 1.92. The fraction of sp³-hybridized carbons (Fsp3) is 0.564. The third-order valence-corrected chi connectivity index (χ3v) is 11.8. The van der Waals surface area contributed by atoms with Gasteiger partial charge in [-0.25, -0.2) is 0 Å². The van der Waals surface area contributed by atoms with Crippen LogP contribution in [0.4, 0.5) is 5.69 Å². The SMILES string of the molecule is Cc1cccc(NC(=O)C2C3C=CC4(O3)C2C(=O)N(CCCN2CCN(Cc3ccccc3)CC2)C4C(=O)NC2CCCC(C)C2C)c1. The molecule has 9 heteroatoms. The Morgan fingerprint density at radius 3 is 2.48 bits per heavy atom. The van der Waals surface area contributed by atoms with Crippen molar-refractivity contribution in [2.24, 2.45) is 23.7 Å². The molecule has 3 amide bonds. The summed E-state index contributed by atoms with van der Waals surface area (Å²) in [5, 5.41) is 6.42. The molecular weight excluding hydrogens is 602 g/mol. The summed E-state index contributed by atoms with van der Waals surface area (Å²) in [7, 11) is 0. The highest BCUT2D eigenvalue weighted by Gasteiger charge is 2.72. The van der Waals surface area contributed by atoms with Crippen LogP contribution in [0.25, 0.3) is 0 Å². The first-order chi connectivity index (χ1) is 23.2. The molecule has 0 radical (unpaired) electrons. The molecule has 2 bridgehead atoms. The molecule has 2 N–H and O–H groups in total. The van der Waals surface area contributed by atoms with E-state index in [2.05, 4.69) is 64.6 Å². The van der Waals surface area contributed by atoms with Crippen molar-refractivity contribution >= 4 is 23.4 Å². The minimum absolute atomic E-state index is 0.0591. The van der Waals surface area contributed by atoms with E-state index in [1.807, 2.05) is 43.3 Å². The summed E-state index contributed by atoms with van der Waals surface area (Å²) in [6, 6.07) is 17.5. The lowest BCUT2D eigenvalue weighted by Crippen LogP contribution is -2.58. The van der Waals surface area contributed by atoms with Gasteiger partial charge in [0.25, 0.3) is 0 Å². The van der Waals surface area contributed by atoms with Gasteiger partial charge < -0.3 is 25.2 Å². The molecular formula is C39H51N5O4. The summed E-state index contributed by atoms with van der Waals surface area (Å²) >= 11 is 0. The normalized spacial score (nSPS) is 33.2. The second-order valence-electron chi connectivity index (χ2n) is 14.9. The first kappa shape index (κ1) is 33.0. The fourth-order valence-corrected chi connectivity index (χ4v) is 8.98. The zero-order valence-electron chi connectivity index (χ0n) is 28.6. The molecule has 0 aromatic heterocycles. The molecule has 256 valence electrons. The zero-order chi connectivity index (χ0) is 33.4. The van der Waals surface area contributed by atoms with E-state index in [-0.39, 0.29) is 23.8 Å². The Labute approximate surface area is 285 Å². The van der Waals surface area contributed by atoms with Crippen LogP contribution < -0.4 is 10.6 Å². The number of ether oxygens (including phenoxy) is 1. The number of anilines is 1. The van der Waals surface area contributed by atoms with Crippen molar-refractivity contribution in [2.45, 2.75) is 76.8 Å². The van der Waals surface area contributed by atoms with Crippen LogP contribution in [0.1, 0.15) is 50.7 Å². The zero-order valence-corrected chi connectivity index (χ0v) is 28.6. The van der Waals surface area contributed by atoms with Gasteiger partial charge in [0.2, 0.25) is 17.7 Å². The van der Waals surface area contributed by atoms with Gasteiger partial charge in [0.15, 0.2) is 0 Å². The van der Waals surface area contributed by atoms with Crippen molar-refractivity contribution in [3.05, 3.63) is 77.9 Å². The Morgan fingerprint density at radius 1 is 0.938 bits per heavy atom. The number of aryl methyl sites for hydroxylation is 1. The molecule has 1 spiro atoms. The predicted octanol–water partition coefficient (Wildman–Crippen LogP) is 4.23. The summed E-state index contributed by atoms with van der Waals surface area (Å²) < 4.78 is 6.60. The van der Waals surface area contributed by atoms with Gasteiger partial charge in [-0.15, -0.1) is 0 Å². The lowest BCUT2D eigenvalue weighted by Gasteiger charge is -2.38. The van der Waals surface area contributed by atoms with Gasteiger partial charge in [-0.3, -0.25) is 19.3 Å². The van der Waals surface area contributed by atoms with E-state index >= 15 is 0 Å². The van der Waals surface area contributed by atoms with Crippen molar-refractivity contribution in [3.63, 3.8) is 0 Å². The number of hydrogen-bond donors (Lipinski definition) is 2. The van der Waals surface area contributed by atoms with Crippen LogP contribution in [-0.2, 0) is 25.7 Å². The molecule has 48 heavy (non-hydrogen) atoms. The lowest BCUT2D eigenvalue weighted by atomic mass is 9.73. The maximum atomic E-state index is 14.4. The van der Waals surface area contributed by atoms with Crippen LogP contribution in [0.3, 0.4) is 0 Å². The molecule has 4 heterocycles. The van der Waals surface area contributed by atoms with Gasteiger partial charge in [0.1, 0.15) is 11.6 Å². The molecule has 1 aliphatic carbocycles. The number of nitrogens with zero attached hydrogens (tertiary/aromatic N) is 3. The molecule has 7 rings (SSSR count). The highest BCUT2D eigenvalue weighted by Crippen LogP contribution is 2.55. The smallest absolute Gasteiger partial charge is 0.246 e. The largest absolute Gasteiger partial charge is 0.359 e. The number of carbonyl (C=O) groups excluding carboxylic acids is 3. The number of piperazine rings is 1. The number of likely N-dealkylation sites (tertiary alicyclic amines) is 1. The standard InChI is InChI=1S/C39H51N5O4/c1-26-10-7-14-30(24-26)40-36(45)33-32-16-17-39(48-32)34(33)38(47)44(35(39)37(46)41-31-15-8-11-27(2)28(31)3)19-9-18-42-20-22-43(23-21-42)25-29-12-5-4-6-13-29/h4-7,10,12-14,16-17,24,27-28,31-35H,8-9,11,15,18-23,25H2,1-3H3,(H,40,45)(H,41,46). The number of amides is 3. The van der Waals surface area contributed by atoms with Crippen LogP contribution in [-0.4, -0.2) is 95.5 Å². The summed E-state index contributed by atoms with van der Waals surface area (Å²) in [4.78, 5) is 49.4. The monoisotopic (exact) mass is 653 g/mol. The highest BCUT2D eigenvalue weighted by molar-refractivity contribution is 6.02. The minimum atomic E-state index is -1.15. The molecule has 2 aromatic rings. The Morgan fingerprint density at radius 2 is 1.71 bits per heavy atom. The highest BCUT2D eigenvalue weighted by atomic mass is 16.5. The number of rotatable bonds is 10. The van der Waals surface area contributed by atoms with Crippen LogP contribution >= 0.6 is 0 Å². The van der Waals surface area contributed by atoms with Crippen molar-refractivity contribution in [3.8, 4) is 0 Å². The Balaban J connectivity index is 1.06. The second-order valence-corrected chi connectivity index (χ2v) is 14.9. The third kappa shape index (κ3) is 6.32. The van der Waals surface area contributed by atoms with Gasteiger partial charge in [0.05, 0.1) is 17.9 Å². The maximum absolute atomic E-state index is 14.4. The number of carbonyl (C=O) groups is 3. The minimum Gasteiger partial charge on any atom is -0.359 e. The number of nitrogens with one attached hydrogen (secondary N) is 2. The Hall–Kier alpha value is -3.53. The predicted molar refractivity (Wildman–Crippen MR) is 186 cm³/mol. The van der Waals surface area contributed by atoms with Crippen molar-refractivity contribution in [1.82, 2.24) is 20.0 Å². The molecule has 3 saturated heterocycles. The summed E-state index contributed by atoms with van der Waals surface area (Å²) in [6.45, 7) is 12.7. The molecule has 2 aromatic carbocycles. The van der Waals surface area contributed by atoms with Crippen LogP contribution in [0.15, 0.2) is 66.7 Å². The van der Waals surface area contributed by atoms with Gasteiger partial charge in [-0.2, -0.15) is 0 Å². The van der Waals surface area contributed by atoms with Crippen LogP contribution in [0.2, 0.25) is 0 Å². The number of hydrogen-bond acceptors (Lipinski definition) is 6.